The number of rotatable bonds is 1. The molecule has 1 aliphatic rings. The van der Waals surface area contributed by atoms with Gasteiger partial charge in [-0.05, 0) is 24.3 Å². The molecule has 0 saturated carbocycles. The molecule has 14 heavy (non-hydrogen) atoms. The van der Waals surface area contributed by atoms with Gasteiger partial charge in [-0.25, -0.2) is 0 Å². The molecule has 72 valence electrons. The quantitative estimate of drug-likeness (QED) is 0.733. The molecule has 1 aromatic rings. The molecular weight excluding hydrogens is 200 g/mol. The SMILES string of the molecule is N=C1SCC(=O)N1c1ccc(O)cc1. The molecule has 0 atom stereocenters. The molecule has 4 nitrogen and oxygen atoms in total. The van der Waals surface area contributed by atoms with Crippen molar-refractivity contribution in [1.82, 2.24) is 0 Å². The van der Waals surface area contributed by atoms with E-state index in [1.807, 2.05) is 0 Å². The van der Waals surface area contributed by atoms with E-state index in [1.54, 1.807) is 12.1 Å². The number of thioether (sulfide) groups is 1. The molecule has 1 amide bonds. The Morgan fingerprint density at radius 3 is 2.50 bits per heavy atom. The van der Waals surface area contributed by atoms with Crippen molar-refractivity contribution in [2.45, 2.75) is 0 Å². The average molecular weight is 208 g/mol. The molecule has 1 aliphatic heterocycles. The highest BCUT2D eigenvalue weighted by Gasteiger charge is 2.27. The van der Waals surface area contributed by atoms with Crippen LogP contribution >= 0.6 is 11.8 Å². The number of hydrogen-bond acceptors (Lipinski definition) is 4. The summed E-state index contributed by atoms with van der Waals surface area (Å²) in [6, 6.07) is 6.24. The number of nitrogens with one attached hydrogen (secondary N) is 1. The van der Waals surface area contributed by atoms with Gasteiger partial charge in [0.15, 0.2) is 5.17 Å². The molecule has 0 aliphatic carbocycles. The van der Waals surface area contributed by atoms with E-state index in [1.165, 1.54) is 28.8 Å². The van der Waals surface area contributed by atoms with Gasteiger partial charge in [-0.2, -0.15) is 0 Å². The molecule has 2 rings (SSSR count). The molecule has 1 fully saturated rings. The van der Waals surface area contributed by atoms with Gasteiger partial charge in [0.25, 0.3) is 0 Å². The average Bonchev–Trinajstić information content (AvgIpc) is 2.49. The maximum absolute atomic E-state index is 11.4. The lowest BCUT2D eigenvalue weighted by atomic mass is 10.3. The number of aromatic hydroxyl groups is 1. The minimum atomic E-state index is -0.0920. The monoisotopic (exact) mass is 208 g/mol. The van der Waals surface area contributed by atoms with E-state index in [4.69, 9.17) is 10.5 Å². The third-order valence-corrected chi connectivity index (χ3v) is 2.74. The molecule has 2 N–H and O–H groups in total. The molecule has 1 heterocycles. The Morgan fingerprint density at radius 2 is 2.00 bits per heavy atom. The summed E-state index contributed by atoms with van der Waals surface area (Å²) in [7, 11) is 0. The zero-order valence-corrected chi connectivity index (χ0v) is 8.04. The van der Waals surface area contributed by atoms with Gasteiger partial charge in [-0.3, -0.25) is 15.1 Å². The highest BCUT2D eigenvalue weighted by atomic mass is 32.2. The number of hydrogen-bond donors (Lipinski definition) is 2. The molecule has 0 spiro atoms. The van der Waals surface area contributed by atoms with Crippen LogP contribution in [0.5, 0.6) is 5.75 Å². The predicted octanol–water partition coefficient (Wildman–Crippen LogP) is 1.41. The lowest BCUT2D eigenvalue weighted by Gasteiger charge is -2.14. The van der Waals surface area contributed by atoms with E-state index < -0.39 is 0 Å². The first-order valence-electron chi connectivity index (χ1n) is 4.02. The van der Waals surface area contributed by atoms with Crippen molar-refractivity contribution in [3.63, 3.8) is 0 Å². The van der Waals surface area contributed by atoms with Gasteiger partial charge in [0.2, 0.25) is 5.91 Å². The van der Waals surface area contributed by atoms with Gasteiger partial charge in [0.05, 0.1) is 11.4 Å². The highest BCUT2D eigenvalue weighted by molar-refractivity contribution is 8.15. The van der Waals surface area contributed by atoms with Gasteiger partial charge >= 0.3 is 0 Å². The molecule has 0 bridgehead atoms. The maximum atomic E-state index is 11.4. The van der Waals surface area contributed by atoms with Crippen LogP contribution in [-0.2, 0) is 4.79 Å². The van der Waals surface area contributed by atoms with Crippen LogP contribution in [0.4, 0.5) is 5.69 Å². The summed E-state index contributed by atoms with van der Waals surface area (Å²) in [6.45, 7) is 0. The largest absolute Gasteiger partial charge is 0.508 e. The third-order valence-electron chi connectivity index (χ3n) is 1.89. The van der Waals surface area contributed by atoms with E-state index in [2.05, 4.69) is 0 Å². The molecule has 1 aromatic carbocycles. The van der Waals surface area contributed by atoms with E-state index in [-0.39, 0.29) is 16.8 Å². The number of carbonyl (C=O) groups is 1. The number of nitrogens with zero attached hydrogens (tertiary/aromatic N) is 1. The van der Waals surface area contributed by atoms with Crippen LogP contribution in [0, 0.1) is 5.41 Å². The van der Waals surface area contributed by atoms with E-state index in [9.17, 15) is 4.79 Å². The second kappa shape index (κ2) is 3.34. The fourth-order valence-corrected chi connectivity index (χ4v) is 1.96. The van der Waals surface area contributed by atoms with Gasteiger partial charge in [0.1, 0.15) is 5.75 Å². The van der Waals surface area contributed by atoms with Gasteiger partial charge in [0, 0.05) is 0 Å². The third kappa shape index (κ3) is 1.46. The normalized spacial score (nSPS) is 16.4. The van der Waals surface area contributed by atoms with E-state index in [0.717, 1.165) is 0 Å². The Balaban J connectivity index is 2.34. The Morgan fingerprint density at radius 1 is 1.36 bits per heavy atom. The van der Waals surface area contributed by atoms with Gasteiger partial charge in [-0.15, -0.1) is 0 Å². The zero-order chi connectivity index (χ0) is 10.1. The molecule has 0 aromatic heterocycles. The second-order valence-corrected chi connectivity index (χ2v) is 3.80. The van der Waals surface area contributed by atoms with Crippen LogP contribution in [0.2, 0.25) is 0 Å². The summed E-state index contributed by atoms with van der Waals surface area (Å²) < 4.78 is 0. The Labute approximate surface area is 85.0 Å². The van der Waals surface area contributed by atoms with E-state index in [0.29, 0.717) is 11.4 Å². The van der Waals surface area contributed by atoms with Crippen LogP contribution in [-0.4, -0.2) is 21.9 Å². The van der Waals surface area contributed by atoms with Crippen molar-refractivity contribution in [3.05, 3.63) is 24.3 Å². The summed E-state index contributed by atoms with van der Waals surface area (Å²) in [5, 5.41) is 16.8. The van der Waals surface area contributed by atoms with Crippen LogP contribution in [0.3, 0.4) is 0 Å². The minimum absolute atomic E-state index is 0.0920. The number of amidine groups is 1. The summed E-state index contributed by atoms with van der Waals surface area (Å²) in [6.07, 6.45) is 0. The second-order valence-electron chi connectivity index (χ2n) is 2.84. The number of benzene rings is 1. The fraction of sp³-hybridized carbons (Fsp3) is 0.111. The van der Waals surface area contributed by atoms with Crippen molar-refractivity contribution >= 4 is 28.5 Å². The predicted molar refractivity (Wildman–Crippen MR) is 55.8 cm³/mol. The van der Waals surface area contributed by atoms with Crippen LogP contribution in [0.15, 0.2) is 24.3 Å². The fourth-order valence-electron chi connectivity index (χ4n) is 1.24. The highest BCUT2D eigenvalue weighted by Crippen LogP contribution is 2.26. The minimum Gasteiger partial charge on any atom is -0.508 e. The first-order valence-corrected chi connectivity index (χ1v) is 5.00. The van der Waals surface area contributed by atoms with Crippen LogP contribution in [0.1, 0.15) is 0 Å². The zero-order valence-electron chi connectivity index (χ0n) is 7.23. The van der Waals surface area contributed by atoms with Crippen molar-refractivity contribution < 1.29 is 9.90 Å². The number of carbonyl (C=O) groups excluding carboxylic acids is 1. The Kier molecular flexibility index (Phi) is 2.17. The summed E-state index contributed by atoms with van der Waals surface area (Å²) >= 11 is 1.21. The topological polar surface area (TPSA) is 64.4 Å². The summed E-state index contributed by atoms with van der Waals surface area (Å²) in [4.78, 5) is 12.7. The molecule has 0 radical (unpaired) electrons. The molecular formula is C9H8N2O2S. The van der Waals surface area contributed by atoms with Gasteiger partial charge < -0.3 is 5.11 Å². The van der Waals surface area contributed by atoms with Crippen molar-refractivity contribution in [2.24, 2.45) is 0 Å². The molecule has 1 saturated heterocycles. The van der Waals surface area contributed by atoms with Crippen molar-refractivity contribution in [2.75, 3.05) is 10.7 Å². The van der Waals surface area contributed by atoms with E-state index >= 15 is 0 Å². The maximum Gasteiger partial charge on any atom is 0.243 e. The Bertz CT molecular complexity index is 372. The van der Waals surface area contributed by atoms with Crippen LogP contribution in [0.25, 0.3) is 0 Å². The number of phenolic OH excluding ortho intramolecular Hbond substituents is 1. The smallest absolute Gasteiger partial charge is 0.243 e. The number of amides is 1. The van der Waals surface area contributed by atoms with Gasteiger partial charge in [-0.1, -0.05) is 11.8 Å². The van der Waals surface area contributed by atoms with Crippen LogP contribution < -0.4 is 4.90 Å². The van der Waals surface area contributed by atoms with Crippen molar-refractivity contribution in [1.29, 1.82) is 5.41 Å². The lowest BCUT2D eigenvalue weighted by molar-refractivity contribution is -0.115. The first kappa shape index (κ1) is 9.08. The molecule has 0 unspecified atom stereocenters. The van der Waals surface area contributed by atoms with Crippen molar-refractivity contribution in [3.8, 4) is 5.75 Å². The lowest BCUT2D eigenvalue weighted by Crippen LogP contribution is -2.28. The molecule has 5 heteroatoms. The first-order chi connectivity index (χ1) is 6.68. The summed E-state index contributed by atoms with van der Waals surface area (Å²) in [5.74, 6) is 0.380. The summed E-state index contributed by atoms with van der Waals surface area (Å²) in [5.41, 5.74) is 0.628. The standard InChI is InChI=1S/C9H8N2O2S/c10-9-11(8(13)5-14-9)6-1-3-7(12)4-2-6/h1-4,10,12H,5H2. The number of anilines is 1. The Hall–Kier alpha value is -1.49. The number of phenols is 1.